The zero-order valence-electron chi connectivity index (χ0n) is 13.2. The summed E-state index contributed by atoms with van der Waals surface area (Å²) in [7, 11) is 1.47. The molecule has 1 fully saturated rings. The number of ether oxygens (including phenoxy) is 2. The third kappa shape index (κ3) is 3.84. The van der Waals surface area contributed by atoms with E-state index in [2.05, 4.69) is 10.6 Å². The van der Waals surface area contributed by atoms with Gasteiger partial charge in [0.1, 0.15) is 5.70 Å². The van der Waals surface area contributed by atoms with Crippen LogP contribution >= 0.6 is 12.2 Å². The maximum absolute atomic E-state index is 12.2. The van der Waals surface area contributed by atoms with Crippen LogP contribution in [0.25, 0.3) is 6.08 Å². The van der Waals surface area contributed by atoms with E-state index in [9.17, 15) is 9.59 Å². The van der Waals surface area contributed by atoms with Crippen LogP contribution in [-0.4, -0.2) is 24.1 Å². The third-order valence-electron chi connectivity index (χ3n) is 3.43. The van der Waals surface area contributed by atoms with E-state index in [1.165, 1.54) is 7.11 Å². The quantitative estimate of drug-likeness (QED) is 0.380. The summed E-state index contributed by atoms with van der Waals surface area (Å²) in [5.74, 6) is -0.117. The molecule has 1 aliphatic rings. The smallest absolute Gasteiger partial charge is 0.343 e. The summed E-state index contributed by atoms with van der Waals surface area (Å²) < 4.78 is 10.7. The minimum absolute atomic E-state index is 0.261. The van der Waals surface area contributed by atoms with Crippen LogP contribution in [0.2, 0.25) is 0 Å². The number of thiocarbonyl (C=S) groups is 1. The molecule has 0 radical (unpaired) electrons. The molecule has 0 atom stereocenters. The zero-order valence-corrected chi connectivity index (χ0v) is 14.1. The average Bonchev–Trinajstić information content (AvgIpc) is 2.94. The summed E-state index contributed by atoms with van der Waals surface area (Å²) in [6.07, 6.45) is 1.62. The van der Waals surface area contributed by atoms with Crippen molar-refractivity contribution in [2.75, 3.05) is 7.11 Å². The van der Waals surface area contributed by atoms with Gasteiger partial charge < -0.3 is 14.8 Å². The SMILES string of the molecule is COc1cc(C=C2NC(=S)NC2=O)ccc1OC(=O)c1ccccc1. The van der Waals surface area contributed by atoms with Crippen LogP contribution in [0.1, 0.15) is 15.9 Å². The minimum atomic E-state index is -0.479. The van der Waals surface area contributed by atoms with Crippen molar-refractivity contribution >= 4 is 35.3 Å². The number of carbonyl (C=O) groups is 2. The fourth-order valence-electron chi connectivity index (χ4n) is 2.24. The van der Waals surface area contributed by atoms with E-state index in [0.717, 1.165) is 0 Å². The first-order valence-corrected chi connectivity index (χ1v) is 7.77. The Morgan fingerprint density at radius 3 is 2.48 bits per heavy atom. The number of hydrogen-bond acceptors (Lipinski definition) is 5. The van der Waals surface area contributed by atoms with Crippen LogP contribution in [-0.2, 0) is 4.79 Å². The molecule has 3 rings (SSSR count). The molecule has 0 bridgehead atoms. The number of hydrogen-bond donors (Lipinski definition) is 2. The van der Waals surface area contributed by atoms with Gasteiger partial charge in [0, 0.05) is 0 Å². The Labute approximate surface area is 149 Å². The Morgan fingerprint density at radius 1 is 1.08 bits per heavy atom. The summed E-state index contributed by atoms with van der Waals surface area (Å²) >= 11 is 4.89. The van der Waals surface area contributed by atoms with Gasteiger partial charge in [-0.05, 0) is 48.1 Å². The first kappa shape index (κ1) is 16.7. The zero-order chi connectivity index (χ0) is 17.8. The number of carbonyl (C=O) groups excluding carboxylic acids is 2. The van der Waals surface area contributed by atoms with Crippen LogP contribution in [0.4, 0.5) is 0 Å². The van der Waals surface area contributed by atoms with Crippen molar-refractivity contribution in [3.05, 3.63) is 65.4 Å². The van der Waals surface area contributed by atoms with Crippen molar-refractivity contribution in [2.24, 2.45) is 0 Å². The van der Waals surface area contributed by atoms with E-state index >= 15 is 0 Å². The third-order valence-corrected chi connectivity index (χ3v) is 3.63. The second-order valence-electron chi connectivity index (χ2n) is 5.13. The number of nitrogens with one attached hydrogen (secondary N) is 2. The predicted octanol–water partition coefficient (Wildman–Crippen LogP) is 2.26. The van der Waals surface area contributed by atoms with Gasteiger partial charge in [-0.3, -0.25) is 10.1 Å². The van der Waals surface area contributed by atoms with E-state index in [1.54, 1.807) is 48.5 Å². The molecule has 2 N–H and O–H groups in total. The van der Waals surface area contributed by atoms with E-state index in [4.69, 9.17) is 21.7 Å². The maximum Gasteiger partial charge on any atom is 0.343 e. The van der Waals surface area contributed by atoms with Crippen LogP contribution in [0.3, 0.4) is 0 Å². The molecule has 1 aliphatic heterocycles. The molecule has 2 aromatic rings. The molecule has 0 unspecified atom stereocenters. The Balaban J connectivity index is 1.83. The second kappa shape index (κ2) is 7.14. The van der Waals surface area contributed by atoms with Crippen molar-refractivity contribution in [3.8, 4) is 11.5 Å². The van der Waals surface area contributed by atoms with E-state index in [-0.39, 0.29) is 16.8 Å². The number of rotatable bonds is 4. The van der Waals surface area contributed by atoms with Crippen LogP contribution in [0.5, 0.6) is 11.5 Å². The summed E-state index contributed by atoms with van der Waals surface area (Å²) in [5, 5.41) is 5.51. The number of methoxy groups -OCH3 is 1. The highest BCUT2D eigenvalue weighted by atomic mass is 32.1. The molecule has 25 heavy (non-hydrogen) atoms. The first-order valence-electron chi connectivity index (χ1n) is 7.36. The Hall–Kier alpha value is -3.19. The summed E-state index contributed by atoms with van der Waals surface area (Å²) in [4.78, 5) is 23.8. The molecule has 0 aromatic heterocycles. The molecule has 126 valence electrons. The highest BCUT2D eigenvalue weighted by Gasteiger charge is 2.20. The van der Waals surface area contributed by atoms with Crippen molar-refractivity contribution in [3.63, 3.8) is 0 Å². The summed E-state index contributed by atoms with van der Waals surface area (Å²) in [5.41, 5.74) is 1.47. The Morgan fingerprint density at radius 2 is 1.84 bits per heavy atom. The fourth-order valence-corrected chi connectivity index (χ4v) is 2.44. The Bertz CT molecular complexity index is 878. The van der Waals surface area contributed by atoms with Crippen LogP contribution < -0.4 is 20.1 Å². The lowest BCUT2D eigenvalue weighted by atomic mass is 10.1. The van der Waals surface area contributed by atoms with Gasteiger partial charge in [0.25, 0.3) is 5.91 Å². The van der Waals surface area contributed by atoms with Gasteiger partial charge in [0.2, 0.25) is 0 Å². The molecule has 7 heteroatoms. The van der Waals surface area contributed by atoms with Gasteiger partial charge in [-0.15, -0.1) is 0 Å². The normalized spacial score (nSPS) is 14.8. The van der Waals surface area contributed by atoms with Crippen molar-refractivity contribution < 1.29 is 19.1 Å². The molecule has 1 saturated heterocycles. The van der Waals surface area contributed by atoms with Crippen LogP contribution in [0, 0.1) is 0 Å². The lowest BCUT2D eigenvalue weighted by Gasteiger charge is -2.10. The molecule has 0 spiro atoms. The maximum atomic E-state index is 12.2. The van der Waals surface area contributed by atoms with Gasteiger partial charge in [0.15, 0.2) is 16.6 Å². The fraction of sp³-hybridized carbons (Fsp3) is 0.0556. The standard InChI is InChI=1S/C18H14N2O4S/c1-23-15-10-11(9-13-16(21)20-18(25)19-13)7-8-14(15)24-17(22)12-5-3-2-4-6-12/h2-10H,1H3,(H2,19,20,21,25). The van der Waals surface area contributed by atoms with Gasteiger partial charge >= 0.3 is 5.97 Å². The first-order chi connectivity index (χ1) is 12.1. The molecule has 1 heterocycles. The van der Waals surface area contributed by atoms with Gasteiger partial charge in [0.05, 0.1) is 12.7 Å². The van der Waals surface area contributed by atoms with E-state index in [1.807, 2.05) is 6.07 Å². The van der Waals surface area contributed by atoms with Gasteiger partial charge in [-0.25, -0.2) is 4.79 Å². The number of esters is 1. The molecule has 0 aliphatic carbocycles. The van der Waals surface area contributed by atoms with Crippen molar-refractivity contribution in [1.29, 1.82) is 0 Å². The van der Waals surface area contributed by atoms with Crippen molar-refractivity contribution in [2.45, 2.75) is 0 Å². The molecule has 6 nitrogen and oxygen atoms in total. The van der Waals surface area contributed by atoms with Crippen molar-refractivity contribution in [1.82, 2.24) is 10.6 Å². The topological polar surface area (TPSA) is 76.7 Å². The monoisotopic (exact) mass is 354 g/mol. The molecule has 1 amide bonds. The second-order valence-corrected chi connectivity index (χ2v) is 5.54. The predicted molar refractivity (Wildman–Crippen MR) is 96.2 cm³/mol. The molecular formula is C18H14N2O4S. The Kier molecular flexibility index (Phi) is 4.76. The lowest BCUT2D eigenvalue weighted by Crippen LogP contribution is -2.21. The van der Waals surface area contributed by atoms with E-state index < -0.39 is 5.97 Å². The van der Waals surface area contributed by atoms with Crippen LogP contribution in [0.15, 0.2) is 54.2 Å². The molecule has 0 saturated carbocycles. The highest BCUT2D eigenvalue weighted by molar-refractivity contribution is 7.80. The molecule has 2 aromatic carbocycles. The highest BCUT2D eigenvalue weighted by Crippen LogP contribution is 2.29. The largest absolute Gasteiger partial charge is 0.493 e. The summed E-state index contributed by atoms with van der Waals surface area (Å²) in [6.45, 7) is 0. The number of benzene rings is 2. The number of amides is 1. The average molecular weight is 354 g/mol. The van der Waals surface area contributed by atoms with Gasteiger partial charge in [-0.1, -0.05) is 24.3 Å². The van der Waals surface area contributed by atoms with Gasteiger partial charge in [-0.2, -0.15) is 0 Å². The lowest BCUT2D eigenvalue weighted by molar-refractivity contribution is -0.115. The summed E-state index contributed by atoms with van der Waals surface area (Å²) in [6, 6.07) is 13.6. The molecular weight excluding hydrogens is 340 g/mol. The van der Waals surface area contributed by atoms with E-state index in [0.29, 0.717) is 22.6 Å². The minimum Gasteiger partial charge on any atom is -0.493 e.